The molecule has 0 aromatic heterocycles. The molecule has 0 N–H and O–H groups in total. The van der Waals surface area contributed by atoms with E-state index in [4.69, 9.17) is 78.9 Å². The maximum absolute atomic E-state index is 6.08. The average Bonchev–Trinajstić information content (AvgIpc) is 2.39. The van der Waals surface area contributed by atoms with Crippen LogP contribution in [0.25, 0.3) is 0 Å². The lowest BCUT2D eigenvalue weighted by Crippen LogP contribution is -1.87. The summed E-state index contributed by atoms with van der Waals surface area (Å²) in [6.07, 6.45) is 0. The fraction of sp³-hybridized carbons (Fsp3) is 0.250. The molecule has 0 unspecified atom stereocenters. The number of halogens is 5. The zero-order valence-corrected chi connectivity index (χ0v) is 15.3. The Bertz CT molecular complexity index is 488. The monoisotopic (exact) mass is 404 g/mol. The van der Waals surface area contributed by atoms with E-state index in [2.05, 4.69) is 0 Å². The highest BCUT2D eigenvalue weighted by molar-refractivity contribution is 8.68. The molecule has 102 valence electrons. The molecule has 0 fully saturated rings. The zero-order valence-electron chi connectivity index (χ0n) is 8.97. The van der Waals surface area contributed by atoms with Gasteiger partial charge in [0.05, 0.1) is 30.0 Å². The summed E-state index contributed by atoms with van der Waals surface area (Å²) in [5, 5.41) is 0.669. The van der Waals surface area contributed by atoms with Gasteiger partial charge in [0, 0.05) is 14.2 Å². The first kappa shape index (κ1) is 17.6. The summed E-state index contributed by atoms with van der Waals surface area (Å²) >= 11 is 36.2. The Morgan fingerprint density at radius 3 is 1.50 bits per heavy atom. The summed E-state index contributed by atoms with van der Waals surface area (Å²) < 4.78 is 10.3. The Balaban J connectivity index is 3.39. The fourth-order valence-corrected chi connectivity index (χ4v) is 5.95. The summed E-state index contributed by atoms with van der Waals surface area (Å²) in [6, 6.07) is 0. The molecule has 0 spiro atoms. The topological polar surface area (TPSA) is 18.5 Å². The predicted molar refractivity (Wildman–Crippen MR) is 85.7 cm³/mol. The Kier molecular flexibility index (Phi) is 6.90. The number of hydrogen-bond acceptors (Lipinski definition) is 4. The van der Waals surface area contributed by atoms with Gasteiger partial charge in [-0.3, -0.25) is 0 Å². The van der Waals surface area contributed by atoms with Crippen LogP contribution in [-0.2, 0) is 20.9 Å². The molecule has 0 saturated heterocycles. The third-order valence-electron chi connectivity index (χ3n) is 1.82. The van der Waals surface area contributed by atoms with E-state index in [0.717, 1.165) is 11.4 Å². The summed E-state index contributed by atoms with van der Waals surface area (Å²) in [5.74, 6) is 0. The van der Waals surface area contributed by atoms with Crippen molar-refractivity contribution in [3.63, 3.8) is 0 Å². The van der Waals surface area contributed by atoms with Crippen molar-refractivity contribution < 1.29 is 9.05 Å². The van der Waals surface area contributed by atoms with Gasteiger partial charge in [-0.05, 0) is 23.2 Å². The SMILES string of the molecule is COP(=S)(OC)Sc1c(Cl)c(Cl)c(Cl)c(Cl)c1Cl. The summed E-state index contributed by atoms with van der Waals surface area (Å²) in [5.41, 5.74) is -2.59. The highest BCUT2D eigenvalue weighted by Gasteiger charge is 2.26. The quantitative estimate of drug-likeness (QED) is 0.320. The van der Waals surface area contributed by atoms with Crippen molar-refractivity contribution in [1.29, 1.82) is 0 Å². The largest absolute Gasteiger partial charge is 0.325 e. The standard InChI is InChI=1S/C8H6Cl5O2PS2/c1-14-16(17,15-2)18-8-6(12)4(10)3(9)5(11)7(8)13/h1-2H3. The third kappa shape index (κ3) is 3.62. The van der Waals surface area contributed by atoms with E-state index in [-0.39, 0.29) is 25.1 Å². The van der Waals surface area contributed by atoms with E-state index in [0.29, 0.717) is 4.90 Å². The fourth-order valence-electron chi connectivity index (χ4n) is 0.926. The van der Waals surface area contributed by atoms with Gasteiger partial charge >= 0.3 is 0 Å². The number of hydrogen-bond donors (Lipinski definition) is 0. The molecule has 1 aromatic rings. The Morgan fingerprint density at radius 2 is 1.17 bits per heavy atom. The Labute approximate surface area is 139 Å². The maximum atomic E-state index is 6.08. The van der Waals surface area contributed by atoms with Crippen LogP contribution in [0.1, 0.15) is 0 Å². The van der Waals surface area contributed by atoms with Crippen LogP contribution in [-0.4, -0.2) is 14.2 Å². The van der Waals surface area contributed by atoms with Crippen LogP contribution >= 0.6 is 75.1 Å². The van der Waals surface area contributed by atoms with E-state index in [1.807, 2.05) is 0 Å². The lowest BCUT2D eigenvalue weighted by Gasteiger charge is -2.19. The molecule has 2 nitrogen and oxygen atoms in total. The smallest absolute Gasteiger partial charge is 0.251 e. The van der Waals surface area contributed by atoms with Crippen molar-refractivity contribution in [2.75, 3.05) is 14.2 Å². The van der Waals surface area contributed by atoms with E-state index < -0.39 is 5.69 Å². The lowest BCUT2D eigenvalue weighted by atomic mass is 10.3. The predicted octanol–water partition coefficient (Wildman–Crippen LogP) is 6.56. The molecule has 1 rings (SSSR count). The normalized spacial score (nSPS) is 11.9. The zero-order chi connectivity index (χ0) is 14.1. The van der Waals surface area contributed by atoms with E-state index in [9.17, 15) is 0 Å². The summed E-state index contributed by atoms with van der Waals surface area (Å²) in [4.78, 5) is 0.393. The molecule has 0 saturated carbocycles. The van der Waals surface area contributed by atoms with Crippen LogP contribution in [0.4, 0.5) is 0 Å². The average molecular weight is 407 g/mol. The molecule has 0 aliphatic heterocycles. The molecule has 0 aliphatic rings. The molecule has 10 heteroatoms. The van der Waals surface area contributed by atoms with Gasteiger partial charge in [0.15, 0.2) is 0 Å². The van der Waals surface area contributed by atoms with Gasteiger partial charge in [-0.2, -0.15) is 0 Å². The van der Waals surface area contributed by atoms with Gasteiger partial charge in [-0.15, -0.1) is 0 Å². The molecular formula is C8H6Cl5O2PS2. The molecule has 18 heavy (non-hydrogen) atoms. The van der Waals surface area contributed by atoms with Crippen molar-refractivity contribution in [3.05, 3.63) is 25.1 Å². The molecule has 0 heterocycles. The summed E-state index contributed by atoms with van der Waals surface area (Å²) in [6.45, 7) is 0. The first-order valence-electron chi connectivity index (χ1n) is 4.20. The van der Waals surface area contributed by atoms with Gasteiger partial charge in [0.2, 0.25) is 0 Å². The van der Waals surface area contributed by atoms with Crippen LogP contribution < -0.4 is 0 Å². The Hall–Kier alpha value is 1.59. The van der Waals surface area contributed by atoms with Crippen LogP contribution in [0.3, 0.4) is 0 Å². The van der Waals surface area contributed by atoms with Crippen molar-refractivity contribution >= 4 is 86.9 Å². The molecule has 1 aromatic carbocycles. The van der Waals surface area contributed by atoms with Crippen LogP contribution in [0, 0.1) is 0 Å². The Morgan fingerprint density at radius 1 is 0.833 bits per heavy atom. The van der Waals surface area contributed by atoms with Crippen LogP contribution in [0.2, 0.25) is 25.1 Å². The van der Waals surface area contributed by atoms with Gasteiger partial charge in [-0.1, -0.05) is 58.0 Å². The number of rotatable bonds is 4. The molecule has 0 bridgehead atoms. The first-order valence-corrected chi connectivity index (χ1v) is 10.1. The van der Waals surface area contributed by atoms with Crippen LogP contribution in [0.15, 0.2) is 4.90 Å². The van der Waals surface area contributed by atoms with Gasteiger partial charge in [-0.25, -0.2) is 0 Å². The highest BCUT2D eigenvalue weighted by Crippen LogP contribution is 2.66. The van der Waals surface area contributed by atoms with Crippen molar-refractivity contribution in [1.82, 2.24) is 0 Å². The van der Waals surface area contributed by atoms with Crippen LogP contribution in [0.5, 0.6) is 0 Å². The van der Waals surface area contributed by atoms with Gasteiger partial charge in [0.25, 0.3) is 5.69 Å². The van der Waals surface area contributed by atoms with E-state index in [1.165, 1.54) is 14.2 Å². The highest BCUT2D eigenvalue weighted by atomic mass is 35.5. The minimum atomic E-state index is -2.59. The van der Waals surface area contributed by atoms with Gasteiger partial charge < -0.3 is 9.05 Å². The minimum Gasteiger partial charge on any atom is -0.325 e. The van der Waals surface area contributed by atoms with E-state index in [1.54, 1.807) is 0 Å². The third-order valence-corrected chi connectivity index (χ3v) is 9.71. The lowest BCUT2D eigenvalue weighted by molar-refractivity contribution is 0.354. The maximum Gasteiger partial charge on any atom is 0.251 e. The van der Waals surface area contributed by atoms with E-state index >= 15 is 0 Å². The second-order valence-corrected chi connectivity index (χ2v) is 11.0. The molecule has 0 aliphatic carbocycles. The molecular weight excluding hydrogens is 400 g/mol. The minimum absolute atomic E-state index is 0.0980. The van der Waals surface area contributed by atoms with Crippen molar-refractivity contribution in [2.45, 2.75) is 4.90 Å². The summed E-state index contributed by atoms with van der Waals surface area (Å²) in [7, 11) is 2.89. The molecule has 0 radical (unpaired) electrons. The second-order valence-electron chi connectivity index (χ2n) is 2.80. The van der Waals surface area contributed by atoms with Gasteiger partial charge in [0.1, 0.15) is 0 Å². The second kappa shape index (κ2) is 7.04. The van der Waals surface area contributed by atoms with Crippen molar-refractivity contribution in [3.8, 4) is 0 Å². The van der Waals surface area contributed by atoms with Crippen molar-refractivity contribution in [2.24, 2.45) is 0 Å². The number of benzene rings is 1. The molecule has 0 atom stereocenters. The molecule has 0 amide bonds. The first-order chi connectivity index (χ1) is 8.27.